The van der Waals surface area contributed by atoms with Crippen LogP contribution in [0.25, 0.3) is 10.9 Å². The lowest BCUT2D eigenvalue weighted by atomic mass is 9.83. The van der Waals surface area contributed by atoms with Gasteiger partial charge in [0.05, 0.1) is 17.8 Å². The molecule has 3 fully saturated rings. The number of amides is 1. The van der Waals surface area contributed by atoms with E-state index in [4.69, 9.17) is 0 Å². The first-order valence-electron chi connectivity index (χ1n) is 7.27. The molecule has 5 rings (SSSR count). The number of hydrogen-bond acceptors (Lipinski definition) is 3. The molecular weight excluding hydrogens is 252 g/mol. The van der Waals surface area contributed by atoms with Gasteiger partial charge in [0.15, 0.2) is 0 Å². The van der Waals surface area contributed by atoms with Crippen molar-refractivity contribution in [3.63, 3.8) is 0 Å². The van der Waals surface area contributed by atoms with Crippen LogP contribution in [0.1, 0.15) is 19.3 Å². The van der Waals surface area contributed by atoms with E-state index in [1.54, 1.807) is 6.20 Å². The second kappa shape index (κ2) is 4.59. The average molecular weight is 270 g/mol. The minimum atomic E-state index is 0.0579. The van der Waals surface area contributed by atoms with E-state index in [2.05, 4.69) is 20.4 Å². The fourth-order valence-corrected chi connectivity index (χ4v) is 3.48. The topological polar surface area (TPSA) is 61.0 Å². The number of aromatic amines is 1. The molecule has 1 amide bonds. The molecule has 3 saturated heterocycles. The lowest BCUT2D eigenvalue weighted by Crippen LogP contribution is -2.53. The van der Waals surface area contributed by atoms with Gasteiger partial charge in [-0.3, -0.25) is 14.8 Å². The van der Waals surface area contributed by atoms with Crippen LogP contribution in [0.3, 0.4) is 0 Å². The summed E-state index contributed by atoms with van der Waals surface area (Å²) in [4.78, 5) is 14.8. The Labute approximate surface area is 117 Å². The summed E-state index contributed by atoms with van der Waals surface area (Å²) in [5, 5.41) is 11.0. The Hall–Kier alpha value is -1.88. The number of nitrogens with zero attached hydrogens (tertiary/aromatic N) is 2. The van der Waals surface area contributed by atoms with Crippen LogP contribution in [0.2, 0.25) is 0 Å². The van der Waals surface area contributed by atoms with Gasteiger partial charge in [-0.2, -0.15) is 5.10 Å². The second-order valence-electron chi connectivity index (χ2n) is 5.89. The lowest BCUT2D eigenvalue weighted by molar-refractivity contribution is -0.125. The van der Waals surface area contributed by atoms with Gasteiger partial charge in [0.1, 0.15) is 0 Å². The smallest absolute Gasteiger partial charge is 0.241 e. The fraction of sp³-hybridized carbons (Fsp3) is 0.467. The van der Waals surface area contributed by atoms with E-state index in [0.717, 1.165) is 42.0 Å². The number of piperidine rings is 3. The quantitative estimate of drug-likeness (QED) is 0.877. The normalized spacial score (nSPS) is 28.7. The van der Waals surface area contributed by atoms with Crippen molar-refractivity contribution in [3.05, 3.63) is 24.4 Å². The van der Waals surface area contributed by atoms with E-state index in [-0.39, 0.29) is 11.9 Å². The third-order valence-corrected chi connectivity index (χ3v) is 4.66. The molecule has 1 aromatic carbocycles. The molecule has 104 valence electrons. The first-order chi connectivity index (χ1) is 9.79. The third-order valence-electron chi connectivity index (χ3n) is 4.66. The summed E-state index contributed by atoms with van der Waals surface area (Å²) in [6, 6.07) is 5.90. The zero-order chi connectivity index (χ0) is 13.5. The summed E-state index contributed by atoms with van der Waals surface area (Å²) in [7, 11) is 0. The average Bonchev–Trinajstić information content (AvgIpc) is 2.96. The number of fused-ring (bicyclic) bond motifs is 4. The molecule has 0 radical (unpaired) electrons. The number of hydrogen-bond donors (Lipinski definition) is 2. The van der Waals surface area contributed by atoms with E-state index >= 15 is 0 Å². The highest BCUT2D eigenvalue weighted by Crippen LogP contribution is 2.32. The molecule has 3 aliphatic heterocycles. The minimum absolute atomic E-state index is 0.0579. The third kappa shape index (κ3) is 1.98. The zero-order valence-corrected chi connectivity index (χ0v) is 11.3. The molecule has 20 heavy (non-hydrogen) atoms. The van der Waals surface area contributed by atoms with Crippen LogP contribution in [-0.2, 0) is 4.79 Å². The standard InChI is InChI=1S/C15H18N4O/c20-15(14-7-10-3-5-19(14)6-4-10)17-12-1-2-13-11(8-12)9-16-18-13/h1-2,8-10,14H,3-7H2,(H,16,18)(H,17,20). The molecule has 2 aromatic rings. The highest BCUT2D eigenvalue weighted by Gasteiger charge is 2.37. The van der Waals surface area contributed by atoms with Crippen molar-refractivity contribution in [1.82, 2.24) is 15.1 Å². The Bertz CT molecular complexity index is 642. The summed E-state index contributed by atoms with van der Waals surface area (Å²) >= 11 is 0. The maximum atomic E-state index is 12.5. The molecular formula is C15H18N4O. The van der Waals surface area contributed by atoms with E-state index in [1.807, 2.05) is 18.2 Å². The largest absolute Gasteiger partial charge is 0.325 e. The van der Waals surface area contributed by atoms with Gasteiger partial charge in [-0.05, 0) is 56.5 Å². The van der Waals surface area contributed by atoms with Crippen LogP contribution >= 0.6 is 0 Å². The molecule has 5 nitrogen and oxygen atoms in total. The number of anilines is 1. The highest BCUT2D eigenvalue weighted by molar-refractivity contribution is 5.96. The number of carbonyl (C=O) groups is 1. The van der Waals surface area contributed by atoms with Gasteiger partial charge in [-0.15, -0.1) is 0 Å². The van der Waals surface area contributed by atoms with Crippen LogP contribution in [0.4, 0.5) is 5.69 Å². The van der Waals surface area contributed by atoms with Crippen molar-refractivity contribution in [2.45, 2.75) is 25.3 Å². The first-order valence-corrected chi connectivity index (χ1v) is 7.27. The summed E-state index contributed by atoms with van der Waals surface area (Å²) < 4.78 is 0. The molecule has 3 aliphatic rings. The van der Waals surface area contributed by atoms with Gasteiger partial charge in [-0.1, -0.05) is 0 Å². The highest BCUT2D eigenvalue weighted by atomic mass is 16.2. The first kappa shape index (κ1) is 11.9. The fourth-order valence-electron chi connectivity index (χ4n) is 3.48. The van der Waals surface area contributed by atoms with Crippen molar-refractivity contribution >= 4 is 22.5 Å². The molecule has 2 N–H and O–H groups in total. The van der Waals surface area contributed by atoms with Crippen LogP contribution < -0.4 is 5.32 Å². The summed E-state index contributed by atoms with van der Waals surface area (Å²) in [6.07, 6.45) is 5.30. The second-order valence-corrected chi connectivity index (χ2v) is 5.89. The number of carbonyl (C=O) groups excluding carboxylic acids is 1. The Morgan fingerprint density at radius 2 is 2.20 bits per heavy atom. The van der Waals surface area contributed by atoms with Crippen LogP contribution in [-0.4, -0.2) is 40.1 Å². The van der Waals surface area contributed by atoms with Crippen LogP contribution in [0, 0.1) is 5.92 Å². The Kier molecular flexibility index (Phi) is 2.73. The van der Waals surface area contributed by atoms with E-state index in [0.29, 0.717) is 0 Å². The Morgan fingerprint density at radius 3 is 2.95 bits per heavy atom. The summed E-state index contributed by atoms with van der Waals surface area (Å²) in [5.41, 5.74) is 1.84. The van der Waals surface area contributed by atoms with Gasteiger partial charge in [0, 0.05) is 11.1 Å². The predicted molar refractivity (Wildman–Crippen MR) is 77.4 cm³/mol. The van der Waals surface area contributed by atoms with E-state index in [1.165, 1.54) is 12.8 Å². The zero-order valence-electron chi connectivity index (χ0n) is 11.3. The van der Waals surface area contributed by atoms with Gasteiger partial charge in [0.2, 0.25) is 5.91 Å². The predicted octanol–water partition coefficient (Wildman–Crippen LogP) is 1.99. The SMILES string of the molecule is O=C(Nc1ccc2[nH]ncc2c1)C1CC2CCN1CC2. The molecule has 0 spiro atoms. The Morgan fingerprint density at radius 1 is 1.35 bits per heavy atom. The summed E-state index contributed by atoms with van der Waals surface area (Å²) in [5.74, 6) is 0.879. The van der Waals surface area contributed by atoms with Crippen LogP contribution in [0.5, 0.6) is 0 Å². The molecule has 1 aromatic heterocycles. The number of nitrogens with one attached hydrogen (secondary N) is 2. The van der Waals surface area contributed by atoms with Gasteiger partial charge in [0.25, 0.3) is 0 Å². The molecule has 0 aliphatic carbocycles. The number of benzene rings is 1. The van der Waals surface area contributed by atoms with E-state index < -0.39 is 0 Å². The van der Waals surface area contributed by atoms with Gasteiger partial charge in [-0.25, -0.2) is 0 Å². The van der Waals surface area contributed by atoms with Gasteiger partial charge < -0.3 is 5.32 Å². The monoisotopic (exact) mass is 270 g/mol. The van der Waals surface area contributed by atoms with E-state index in [9.17, 15) is 4.79 Å². The molecule has 4 heterocycles. The molecule has 2 bridgehead atoms. The molecule has 5 heteroatoms. The minimum Gasteiger partial charge on any atom is -0.325 e. The maximum absolute atomic E-state index is 12.5. The molecule has 0 saturated carbocycles. The van der Waals surface area contributed by atoms with Gasteiger partial charge >= 0.3 is 0 Å². The van der Waals surface area contributed by atoms with Crippen molar-refractivity contribution < 1.29 is 4.79 Å². The number of rotatable bonds is 2. The number of H-pyrrole nitrogens is 1. The van der Waals surface area contributed by atoms with Crippen LogP contribution in [0.15, 0.2) is 24.4 Å². The lowest BCUT2D eigenvalue weighted by Gasteiger charge is -2.44. The Balaban J connectivity index is 1.51. The number of aromatic nitrogens is 2. The maximum Gasteiger partial charge on any atom is 0.241 e. The van der Waals surface area contributed by atoms with Crippen molar-refractivity contribution in [1.29, 1.82) is 0 Å². The summed E-state index contributed by atoms with van der Waals surface area (Å²) in [6.45, 7) is 2.15. The van der Waals surface area contributed by atoms with Crippen molar-refractivity contribution in [2.75, 3.05) is 18.4 Å². The molecule has 1 atom stereocenters. The van der Waals surface area contributed by atoms with Crippen molar-refractivity contribution in [2.24, 2.45) is 5.92 Å². The molecule has 1 unspecified atom stereocenters. The van der Waals surface area contributed by atoms with Crippen molar-refractivity contribution in [3.8, 4) is 0 Å².